The number of pyridine rings is 1. The highest BCUT2D eigenvalue weighted by Gasteiger charge is 2.38. The van der Waals surface area contributed by atoms with E-state index in [1.807, 2.05) is 0 Å². The molecule has 2 nitrogen and oxygen atoms in total. The van der Waals surface area contributed by atoms with E-state index in [1.165, 1.54) is 6.07 Å². The molecule has 6 heteroatoms. The molecule has 0 fully saturated rings. The molecule has 0 N–H and O–H groups in total. The van der Waals surface area contributed by atoms with Crippen molar-refractivity contribution in [2.75, 3.05) is 0 Å². The number of ketones is 1. The van der Waals surface area contributed by atoms with Gasteiger partial charge in [0.25, 0.3) is 0 Å². The molecule has 18 heavy (non-hydrogen) atoms. The average Bonchev–Trinajstić information content (AvgIpc) is 2.27. The molecule has 0 spiro atoms. The monoisotopic (exact) mass is 273 g/mol. The number of nitrogens with zero attached hydrogens (tertiary/aromatic N) is 1. The smallest absolute Gasteiger partial charge is 0.289 e. The van der Waals surface area contributed by atoms with Crippen molar-refractivity contribution < 1.29 is 18.0 Å². The van der Waals surface area contributed by atoms with Crippen molar-refractivity contribution in [3.63, 3.8) is 0 Å². The summed E-state index contributed by atoms with van der Waals surface area (Å²) in [5.41, 5.74) is 0.0148. The largest absolute Gasteiger partial charge is 0.450 e. The van der Waals surface area contributed by atoms with Crippen molar-refractivity contribution in [2.45, 2.75) is 12.6 Å². The number of fused-ring (bicyclic) bond motifs is 1. The van der Waals surface area contributed by atoms with Gasteiger partial charge in [-0.2, -0.15) is 13.2 Å². The summed E-state index contributed by atoms with van der Waals surface area (Å²) in [6, 6.07) is 8.32. The Bertz CT molecular complexity index is 610. The van der Waals surface area contributed by atoms with Crippen LogP contribution < -0.4 is 0 Å². The Morgan fingerprint density at radius 1 is 1.28 bits per heavy atom. The molecule has 2 rings (SSSR count). The fourth-order valence-electron chi connectivity index (χ4n) is 1.56. The molecule has 2 aromatic rings. The highest BCUT2D eigenvalue weighted by Crippen LogP contribution is 2.24. The number of alkyl halides is 3. The van der Waals surface area contributed by atoms with E-state index in [4.69, 9.17) is 11.6 Å². The van der Waals surface area contributed by atoms with Crippen molar-refractivity contribution >= 4 is 28.2 Å². The van der Waals surface area contributed by atoms with Gasteiger partial charge in [-0.15, -0.1) is 0 Å². The lowest BCUT2D eigenvalue weighted by molar-refractivity contribution is -0.170. The molecule has 0 saturated heterocycles. The van der Waals surface area contributed by atoms with Crippen LogP contribution in [0.3, 0.4) is 0 Å². The Morgan fingerprint density at radius 2 is 1.94 bits per heavy atom. The number of aromatic nitrogens is 1. The van der Waals surface area contributed by atoms with Gasteiger partial charge in [0.05, 0.1) is 12.1 Å². The first-order valence-electron chi connectivity index (χ1n) is 5.02. The first-order chi connectivity index (χ1) is 8.38. The lowest BCUT2D eigenvalue weighted by Gasteiger charge is -2.06. The zero-order valence-corrected chi connectivity index (χ0v) is 9.72. The van der Waals surface area contributed by atoms with E-state index in [1.54, 1.807) is 24.3 Å². The minimum Gasteiger partial charge on any atom is -0.289 e. The van der Waals surface area contributed by atoms with E-state index >= 15 is 0 Å². The van der Waals surface area contributed by atoms with Crippen LogP contribution in [0, 0.1) is 0 Å². The van der Waals surface area contributed by atoms with Crippen LogP contribution in [-0.2, 0) is 11.2 Å². The zero-order valence-electron chi connectivity index (χ0n) is 8.96. The number of hydrogen-bond donors (Lipinski definition) is 0. The van der Waals surface area contributed by atoms with Crippen LogP contribution in [0.15, 0.2) is 30.3 Å². The molecule has 94 valence electrons. The standard InChI is InChI=1S/C12H7ClF3NO/c13-11-9-4-2-1-3-7(9)5-8(17-11)6-10(18)12(14,15)16/h1-5H,6H2. The molecule has 0 aliphatic carbocycles. The van der Waals surface area contributed by atoms with E-state index in [0.717, 1.165) is 0 Å². The number of carbonyl (C=O) groups is 1. The van der Waals surface area contributed by atoms with E-state index in [0.29, 0.717) is 10.8 Å². The molecule has 1 heterocycles. The van der Waals surface area contributed by atoms with Gasteiger partial charge in [0.2, 0.25) is 5.78 Å². The molecular weight excluding hydrogens is 267 g/mol. The predicted octanol–water partition coefficient (Wildman–Crippen LogP) is 3.56. The topological polar surface area (TPSA) is 30.0 Å². The quantitative estimate of drug-likeness (QED) is 0.783. The van der Waals surface area contributed by atoms with Crippen molar-refractivity contribution in [3.05, 3.63) is 41.2 Å². The van der Waals surface area contributed by atoms with Gasteiger partial charge in [0.15, 0.2) is 0 Å². The molecule has 0 aliphatic rings. The number of carbonyl (C=O) groups excluding carboxylic acids is 1. The average molecular weight is 274 g/mol. The van der Waals surface area contributed by atoms with Gasteiger partial charge < -0.3 is 0 Å². The molecule has 0 atom stereocenters. The second-order valence-electron chi connectivity index (χ2n) is 3.72. The van der Waals surface area contributed by atoms with Gasteiger partial charge in [-0.3, -0.25) is 4.79 Å². The van der Waals surface area contributed by atoms with Gasteiger partial charge in [-0.05, 0) is 11.5 Å². The normalized spacial score (nSPS) is 11.8. The van der Waals surface area contributed by atoms with Crippen molar-refractivity contribution in [2.24, 2.45) is 0 Å². The molecule has 0 saturated carbocycles. The molecular formula is C12H7ClF3NO. The highest BCUT2D eigenvalue weighted by molar-refractivity contribution is 6.34. The van der Waals surface area contributed by atoms with E-state index < -0.39 is 18.4 Å². The maximum Gasteiger partial charge on any atom is 0.450 e. The molecule has 0 aliphatic heterocycles. The summed E-state index contributed by atoms with van der Waals surface area (Å²) in [5, 5.41) is 1.39. The molecule has 0 unspecified atom stereocenters. The minimum absolute atomic E-state index is 0.0148. The summed E-state index contributed by atoms with van der Waals surface area (Å²) in [6.45, 7) is 0. The summed E-state index contributed by atoms with van der Waals surface area (Å²) in [7, 11) is 0. The van der Waals surface area contributed by atoms with Gasteiger partial charge in [-0.1, -0.05) is 35.9 Å². The van der Waals surface area contributed by atoms with Crippen LogP contribution in [-0.4, -0.2) is 16.9 Å². The number of hydrogen-bond acceptors (Lipinski definition) is 2. The van der Waals surface area contributed by atoms with Crippen LogP contribution in [0.5, 0.6) is 0 Å². The highest BCUT2D eigenvalue weighted by atomic mass is 35.5. The Kier molecular flexibility index (Phi) is 3.26. The van der Waals surface area contributed by atoms with E-state index in [2.05, 4.69) is 4.98 Å². The number of rotatable bonds is 2. The van der Waals surface area contributed by atoms with Crippen LogP contribution in [0.4, 0.5) is 13.2 Å². The van der Waals surface area contributed by atoms with Crippen LogP contribution in [0.1, 0.15) is 5.69 Å². The first kappa shape index (κ1) is 12.8. The molecule has 0 radical (unpaired) electrons. The molecule has 1 aromatic carbocycles. The van der Waals surface area contributed by atoms with Crippen molar-refractivity contribution in [1.82, 2.24) is 4.98 Å². The van der Waals surface area contributed by atoms with Crippen LogP contribution in [0.2, 0.25) is 5.15 Å². The van der Waals surface area contributed by atoms with Crippen molar-refractivity contribution in [3.8, 4) is 0 Å². The summed E-state index contributed by atoms with van der Waals surface area (Å²) >= 11 is 5.86. The maximum atomic E-state index is 12.1. The van der Waals surface area contributed by atoms with E-state index in [9.17, 15) is 18.0 Å². The number of halogens is 4. The second-order valence-corrected chi connectivity index (χ2v) is 4.08. The summed E-state index contributed by atoms with van der Waals surface area (Å²) in [6.07, 6.45) is -5.64. The van der Waals surface area contributed by atoms with E-state index in [-0.39, 0.29) is 10.8 Å². The van der Waals surface area contributed by atoms with Gasteiger partial charge in [0.1, 0.15) is 5.15 Å². The third kappa shape index (κ3) is 2.61. The Morgan fingerprint density at radius 3 is 2.61 bits per heavy atom. The fourth-order valence-corrected chi connectivity index (χ4v) is 1.84. The van der Waals surface area contributed by atoms with Crippen LogP contribution in [0.25, 0.3) is 10.8 Å². The first-order valence-corrected chi connectivity index (χ1v) is 5.40. The number of benzene rings is 1. The third-order valence-electron chi connectivity index (χ3n) is 2.40. The summed E-state index contributed by atoms with van der Waals surface area (Å²) in [5.74, 6) is -1.83. The summed E-state index contributed by atoms with van der Waals surface area (Å²) < 4.78 is 36.4. The molecule has 1 aromatic heterocycles. The lowest BCUT2D eigenvalue weighted by Crippen LogP contribution is -2.24. The van der Waals surface area contributed by atoms with Gasteiger partial charge >= 0.3 is 6.18 Å². The van der Waals surface area contributed by atoms with Crippen LogP contribution >= 0.6 is 11.6 Å². The Balaban J connectivity index is 2.39. The summed E-state index contributed by atoms with van der Waals surface area (Å²) in [4.78, 5) is 14.7. The minimum atomic E-state index is -4.85. The SMILES string of the molecule is O=C(Cc1cc2ccccc2c(Cl)n1)C(F)(F)F. The zero-order chi connectivity index (χ0) is 13.3. The van der Waals surface area contributed by atoms with Crippen molar-refractivity contribution in [1.29, 1.82) is 0 Å². The maximum absolute atomic E-state index is 12.1. The fraction of sp³-hybridized carbons (Fsp3) is 0.167. The second kappa shape index (κ2) is 4.57. The number of Topliss-reactive ketones (excluding diaryl/α,β-unsaturated/α-hetero) is 1. The third-order valence-corrected chi connectivity index (χ3v) is 2.69. The Labute approximate surface area is 105 Å². The molecule has 0 amide bonds. The molecule has 0 bridgehead atoms. The lowest BCUT2D eigenvalue weighted by atomic mass is 10.1. The Hall–Kier alpha value is -1.62. The van der Waals surface area contributed by atoms with Gasteiger partial charge in [-0.25, -0.2) is 4.98 Å². The predicted molar refractivity (Wildman–Crippen MR) is 61.5 cm³/mol. The van der Waals surface area contributed by atoms with Gasteiger partial charge in [0, 0.05) is 5.39 Å².